The van der Waals surface area contributed by atoms with Crippen LogP contribution in [0, 0.1) is 0 Å². The van der Waals surface area contributed by atoms with Crippen LogP contribution in [0.1, 0.15) is 0 Å². The molecule has 10 heteroatoms. The smallest absolute Gasteiger partial charge is 0.390 e. The Bertz CT molecular complexity index is 332. The minimum absolute atomic E-state index is 1.11. The lowest BCUT2D eigenvalue weighted by Gasteiger charge is -2.42. The zero-order valence-electron chi connectivity index (χ0n) is 8.17. The van der Waals surface area contributed by atoms with Gasteiger partial charge in [-0.25, -0.2) is 4.18 Å². The topological polar surface area (TPSA) is 182 Å². The fourth-order valence-electron chi connectivity index (χ4n) is 1.63. The van der Waals surface area contributed by atoms with E-state index in [0.717, 1.165) is 0 Å². The monoisotopic (exact) mass is 257 g/mol. The Morgan fingerprint density at radius 3 is 1.62 bits per heavy atom. The van der Waals surface area contributed by atoms with Gasteiger partial charge in [0.05, 0.1) is 30.3 Å². The quantitative estimate of drug-likeness (QED) is 0.268. The van der Waals surface area contributed by atoms with E-state index in [9.17, 15) is 18.6 Å². The number of hydrogen-bond donors (Lipinski definition) is 6. The minimum atomic E-state index is -4.78. The molecule has 1 saturated carbocycles. The van der Waals surface area contributed by atoms with Crippen molar-refractivity contribution in [2.75, 3.05) is 0 Å². The third kappa shape index (κ3) is 2.67. The van der Waals surface area contributed by atoms with Gasteiger partial charge in [0.2, 0.25) is 0 Å². The second-order valence-corrected chi connectivity index (χ2v) is 4.75. The number of nitrogens with two attached hydrogens (primary N) is 3. The molecule has 0 aromatic rings. The molecule has 0 radical (unpaired) electrons. The second kappa shape index (κ2) is 4.50. The SMILES string of the molecule is NC1C(O)C(N)C(OS(=O)(=O)O)C(N)C1O. The van der Waals surface area contributed by atoms with Crippen LogP contribution in [0.3, 0.4) is 0 Å². The van der Waals surface area contributed by atoms with Gasteiger partial charge >= 0.3 is 10.4 Å². The van der Waals surface area contributed by atoms with Gasteiger partial charge in [0.25, 0.3) is 0 Å². The summed E-state index contributed by atoms with van der Waals surface area (Å²) >= 11 is 0. The van der Waals surface area contributed by atoms with Gasteiger partial charge in [-0.05, 0) is 0 Å². The summed E-state index contributed by atoms with van der Waals surface area (Å²) in [5.74, 6) is 0. The minimum Gasteiger partial charge on any atom is -0.390 e. The van der Waals surface area contributed by atoms with E-state index in [1.807, 2.05) is 0 Å². The van der Waals surface area contributed by atoms with Crippen molar-refractivity contribution >= 4 is 10.4 Å². The molecule has 0 saturated heterocycles. The lowest BCUT2D eigenvalue weighted by Crippen LogP contribution is -2.72. The third-order valence-corrected chi connectivity index (χ3v) is 3.03. The maximum Gasteiger partial charge on any atom is 0.397 e. The first-order valence-corrected chi connectivity index (χ1v) is 5.80. The number of aliphatic hydroxyl groups excluding tert-OH is 2. The van der Waals surface area contributed by atoms with Crippen molar-refractivity contribution in [2.45, 2.75) is 36.4 Å². The van der Waals surface area contributed by atoms with Crippen LogP contribution in [0.25, 0.3) is 0 Å². The van der Waals surface area contributed by atoms with Gasteiger partial charge in [-0.2, -0.15) is 8.42 Å². The van der Waals surface area contributed by atoms with E-state index in [4.69, 9.17) is 21.8 Å². The van der Waals surface area contributed by atoms with Crippen molar-refractivity contribution in [3.05, 3.63) is 0 Å². The predicted octanol–water partition coefficient (Wildman–Crippen LogP) is -4.11. The Morgan fingerprint density at radius 1 is 0.938 bits per heavy atom. The molecule has 1 aliphatic rings. The van der Waals surface area contributed by atoms with Gasteiger partial charge in [-0.1, -0.05) is 0 Å². The average Bonchev–Trinajstić information content (AvgIpc) is 2.17. The number of rotatable bonds is 2. The van der Waals surface area contributed by atoms with Crippen molar-refractivity contribution < 1.29 is 27.4 Å². The maximum absolute atomic E-state index is 10.5. The molecule has 0 aromatic heterocycles. The van der Waals surface area contributed by atoms with E-state index >= 15 is 0 Å². The molecule has 0 bridgehead atoms. The molecule has 9 nitrogen and oxygen atoms in total. The van der Waals surface area contributed by atoms with E-state index in [2.05, 4.69) is 4.18 Å². The molecule has 0 aliphatic heterocycles. The van der Waals surface area contributed by atoms with E-state index in [0.29, 0.717) is 0 Å². The molecule has 4 unspecified atom stereocenters. The van der Waals surface area contributed by atoms with E-state index in [-0.39, 0.29) is 0 Å². The number of aliphatic hydroxyl groups is 2. The van der Waals surface area contributed by atoms with Gasteiger partial charge in [0, 0.05) is 0 Å². The summed E-state index contributed by atoms with van der Waals surface area (Å²) in [6, 6.07) is -3.56. The Labute approximate surface area is 92.1 Å². The van der Waals surface area contributed by atoms with E-state index in [1.165, 1.54) is 0 Å². The molecule has 96 valence electrons. The molecular formula is C6H15N3O6S. The van der Waals surface area contributed by atoms with Gasteiger partial charge in [-0.3, -0.25) is 4.55 Å². The van der Waals surface area contributed by atoms with Crippen LogP contribution >= 0.6 is 0 Å². The summed E-state index contributed by atoms with van der Waals surface area (Å²) in [5, 5.41) is 19.0. The van der Waals surface area contributed by atoms with Crippen molar-refractivity contribution in [1.82, 2.24) is 0 Å². The zero-order valence-corrected chi connectivity index (χ0v) is 8.99. The zero-order chi connectivity index (χ0) is 12.7. The van der Waals surface area contributed by atoms with Crippen LogP contribution in [0.15, 0.2) is 0 Å². The summed E-state index contributed by atoms with van der Waals surface area (Å²) in [4.78, 5) is 0. The fraction of sp³-hybridized carbons (Fsp3) is 1.00. The largest absolute Gasteiger partial charge is 0.397 e. The Balaban J connectivity index is 2.91. The molecular weight excluding hydrogens is 242 g/mol. The van der Waals surface area contributed by atoms with Gasteiger partial charge in [-0.15, -0.1) is 0 Å². The molecule has 9 N–H and O–H groups in total. The van der Waals surface area contributed by atoms with Crippen molar-refractivity contribution in [2.24, 2.45) is 17.2 Å². The first kappa shape index (κ1) is 13.7. The Kier molecular flexibility index (Phi) is 3.87. The first-order chi connectivity index (χ1) is 7.15. The average molecular weight is 257 g/mol. The first-order valence-electron chi connectivity index (χ1n) is 4.43. The van der Waals surface area contributed by atoms with Gasteiger partial charge in [0.1, 0.15) is 6.10 Å². The summed E-state index contributed by atoms with van der Waals surface area (Å²) in [5.41, 5.74) is 16.3. The second-order valence-electron chi connectivity index (χ2n) is 3.70. The van der Waals surface area contributed by atoms with Crippen LogP contribution in [0.5, 0.6) is 0 Å². The summed E-state index contributed by atoms with van der Waals surface area (Å²) in [6.45, 7) is 0. The van der Waals surface area contributed by atoms with Crippen LogP contribution in [-0.4, -0.2) is 59.6 Å². The molecule has 1 fully saturated rings. The maximum atomic E-state index is 10.5. The molecule has 0 heterocycles. The van der Waals surface area contributed by atoms with Crippen LogP contribution in [0.2, 0.25) is 0 Å². The van der Waals surface area contributed by atoms with Crippen molar-refractivity contribution in [3.63, 3.8) is 0 Å². The lowest BCUT2D eigenvalue weighted by molar-refractivity contribution is -0.0618. The van der Waals surface area contributed by atoms with Crippen molar-refractivity contribution in [1.29, 1.82) is 0 Å². The molecule has 1 aliphatic carbocycles. The fourth-order valence-corrected chi connectivity index (χ4v) is 2.17. The predicted molar refractivity (Wildman–Crippen MR) is 52.4 cm³/mol. The molecule has 4 atom stereocenters. The normalized spacial score (nSPS) is 45.6. The highest BCUT2D eigenvalue weighted by Gasteiger charge is 2.47. The standard InChI is InChI=1S/C6H15N3O6S/c7-1-4(10)2(8)6(3(9)5(1)11)15-16(12,13)14/h1-6,10-11H,7-9H2,(H,12,13,14). The van der Waals surface area contributed by atoms with Crippen LogP contribution in [0.4, 0.5) is 0 Å². The number of hydrogen-bond acceptors (Lipinski definition) is 8. The van der Waals surface area contributed by atoms with Crippen LogP contribution < -0.4 is 17.2 Å². The van der Waals surface area contributed by atoms with Gasteiger partial charge in [0.15, 0.2) is 0 Å². The summed E-state index contributed by atoms with van der Waals surface area (Å²) < 4.78 is 33.7. The summed E-state index contributed by atoms with van der Waals surface area (Å²) in [6.07, 6.45) is -4.22. The highest BCUT2D eigenvalue weighted by molar-refractivity contribution is 7.80. The highest BCUT2D eigenvalue weighted by atomic mass is 32.3. The highest BCUT2D eigenvalue weighted by Crippen LogP contribution is 2.21. The molecule has 0 aromatic carbocycles. The Hall–Kier alpha value is -0.330. The van der Waals surface area contributed by atoms with Gasteiger partial charge < -0.3 is 27.4 Å². The summed E-state index contributed by atoms with van der Waals surface area (Å²) in [7, 11) is -4.78. The third-order valence-electron chi connectivity index (χ3n) is 2.57. The molecule has 0 spiro atoms. The van der Waals surface area contributed by atoms with E-state index in [1.54, 1.807) is 0 Å². The van der Waals surface area contributed by atoms with Crippen LogP contribution in [-0.2, 0) is 14.6 Å². The molecule has 0 amide bonds. The van der Waals surface area contributed by atoms with E-state index < -0.39 is 46.8 Å². The lowest BCUT2D eigenvalue weighted by atomic mass is 9.81. The Morgan fingerprint density at radius 2 is 1.31 bits per heavy atom. The molecule has 16 heavy (non-hydrogen) atoms. The van der Waals surface area contributed by atoms with Crippen molar-refractivity contribution in [3.8, 4) is 0 Å². The molecule has 1 rings (SSSR count).